The van der Waals surface area contributed by atoms with Gasteiger partial charge in [-0.15, -0.1) is 0 Å². The molecule has 2 atom stereocenters. The molecule has 2 amide bonds. The summed E-state index contributed by atoms with van der Waals surface area (Å²) in [6.45, 7) is 4.39. The van der Waals surface area contributed by atoms with Crippen molar-refractivity contribution in [3.8, 4) is 6.07 Å². The number of carbonyl (C=O) groups excluding carboxylic acids is 2. The van der Waals surface area contributed by atoms with E-state index in [1.165, 1.54) is 0 Å². The van der Waals surface area contributed by atoms with Gasteiger partial charge >= 0.3 is 6.09 Å². The Bertz CT molecular complexity index is 850. The molecule has 0 bridgehead atoms. The molecule has 0 aliphatic rings. The number of nitrogens with zero attached hydrogens (tertiary/aromatic N) is 1. The number of benzene rings is 2. The van der Waals surface area contributed by atoms with E-state index in [-0.39, 0.29) is 19.1 Å². The highest BCUT2D eigenvalue weighted by Gasteiger charge is 2.25. The van der Waals surface area contributed by atoms with E-state index in [1.54, 1.807) is 0 Å². The van der Waals surface area contributed by atoms with Gasteiger partial charge in [0.05, 0.1) is 19.3 Å². The van der Waals surface area contributed by atoms with E-state index in [0.717, 1.165) is 11.1 Å². The Morgan fingerprint density at radius 2 is 1.52 bits per heavy atom. The normalized spacial score (nSPS) is 12.5. The van der Waals surface area contributed by atoms with Gasteiger partial charge in [-0.05, 0) is 23.5 Å². The fraction of sp³-hybridized carbons (Fsp3) is 0.375. The van der Waals surface area contributed by atoms with Crippen LogP contribution in [0.5, 0.6) is 0 Å². The zero-order chi connectivity index (χ0) is 22.5. The van der Waals surface area contributed by atoms with E-state index in [9.17, 15) is 14.9 Å². The summed E-state index contributed by atoms with van der Waals surface area (Å²) in [6.07, 6.45) is -0.270. The van der Waals surface area contributed by atoms with Crippen molar-refractivity contribution in [2.75, 3.05) is 6.61 Å². The topological polar surface area (TPSA) is 100 Å². The number of alkyl carbamates (subject to hydrolysis) is 1. The van der Waals surface area contributed by atoms with Crippen LogP contribution in [0, 0.1) is 17.2 Å². The van der Waals surface area contributed by atoms with E-state index in [4.69, 9.17) is 9.47 Å². The van der Waals surface area contributed by atoms with Crippen molar-refractivity contribution in [1.82, 2.24) is 10.6 Å². The average molecular weight is 424 g/mol. The van der Waals surface area contributed by atoms with Crippen LogP contribution in [0.25, 0.3) is 0 Å². The van der Waals surface area contributed by atoms with E-state index in [0.29, 0.717) is 13.0 Å². The molecule has 1 unspecified atom stereocenters. The second kappa shape index (κ2) is 13.0. The molecule has 2 rings (SSSR count). The third-order valence-corrected chi connectivity index (χ3v) is 4.40. The molecule has 0 saturated carbocycles. The third kappa shape index (κ3) is 9.32. The maximum atomic E-state index is 12.7. The van der Waals surface area contributed by atoms with Gasteiger partial charge in [0.25, 0.3) is 0 Å². The van der Waals surface area contributed by atoms with Crippen LogP contribution in [-0.2, 0) is 27.5 Å². The number of hydrogen-bond acceptors (Lipinski definition) is 5. The van der Waals surface area contributed by atoms with Crippen LogP contribution in [0.4, 0.5) is 4.79 Å². The molecule has 0 spiro atoms. The summed E-state index contributed by atoms with van der Waals surface area (Å²) < 4.78 is 10.8. The lowest BCUT2D eigenvalue weighted by Crippen LogP contribution is -2.51. The molecule has 2 aromatic carbocycles. The zero-order valence-corrected chi connectivity index (χ0v) is 17.9. The molecule has 0 saturated heterocycles. The summed E-state index contributed by atoms with van der Waals surface area (Å²) in [5.41, 5.74) is 1.83. The minimum absolute atomic E-state index is 0.0456. The van der Waals surface area contributed by atoms with Crippen molar-refractivity contribution in [3.05, 3.63) is 71.8 Å². The molecular weight excluding hydrogens is 394 g/mol. The maximum Gasteiger partial charge on any atom is 0.408 e. The van der Waals surface area contributed by atoms with Gasteiger partial charge in [-0.2, -0.15) is 5.26 Å². The van der Waals surface area contributed by atoms with E-state index in [1.807, 2.05) is 80.6 Å². The number of ether oxygens (including phenoxy) is 2. The smallest absolute Gasteiger partial charge is 0.408 e. The molecule has 0 radical (unpaired) electrons. The highest BCUT2D eigenvalue weighted by Crippen LogP contribution is 2.07. The summed E-state index contributed by atoms with van der Waals surface area (Å²) >= 11 is 0. The fourth-order valence-corrected chi connectivity index (χ4v) is 2.86. The summed E-state index contributed by atoms with van der Waals surface area (Å²) in [7, 11) is 0. The molecule has 7 nitrogen and oxygen atoms in total. The monoisotopic (exact) mass is 423 g/mol. The summed E-state index contributed by atoms with van der Waals surface area (Å²) in [4.78, 5) is 24.9. The first-order chi connectivity index (χ1) is 15.0. The van der Waals surface area contributed by atoms with Crippen LogP contribution in [0.15, 0.2) is 60.7 Å². The molecule has 0 aromatic heterocycles. The van der Waals surface area contributed by atoms with Gasteiger partial charge in [-0.25, -0.2) is 4.79 Å². The van der Waals surface area contributed by atoms with Crippen LogP contribution >= 0.6 is 0 Å². The standard InChI is InChI=1S/C24H29N3O4/c1-18(2)13-22(27-24(29)31-16-20-11-7-4-8-12-20)23(28)26-21(14-25)17-30-15-19-9-5-3-6-10-19/h3-12,18,21-22H,13,15-17H2,1-2H3,(H,26,28)(H,27,29)/t21?,22-/m0/s1. The van der Waals surface area contributed by atoms with E-state index in [2.05, 4.69) is 10.6 Å². The van der Waals surface area contributed by atoms with E-state index < -0.39 is 24.1 Å². The van der Waals surface area contributed by atoms with Gasteiger partial charge < -0.3 is 20.1 Å². The van der Waals surface area contributed by atoms with Crippen LogP contribution in [0.2, 0.25) is 0 Å². The Kier molecular flexibility index (Phi) is 10.1. The number of carbonyl (C=O) groups is 2. The molecule has 2 N–H and O–H groups in total. The van der Waals surface area contributed by atoms with Crippen molar-refractivity contribution in [2.24, 2.45) is 5.92 Å². The number of nitriles is 1. The van der Waals surface area contributed by atoms with Crippen molar-refractivity contribution in [1.29, 1.82) is 5.26 Å². The van der Waals surface area contributed by atoms with Gasteiger partial charge in [-0.1, -0.05) is 74.5 Å². The molecule has 31 heavy (non-hydrogen) atoms. The van der Waals surface area contributed by atoms with Crippen LogP contribution in [0.1, 0.15) is 31.4 Å². The molecule has 2 aromatic rings. The molecule has 0 heterocycles. The molecule has 7 heteroatoms. The van der Waals surface area contributed by atoms with Crippen LogP contribution in [-0.4, -0.2) is 30.7 Å². The van der Waals surface area contributed by atoms with Gasteiger partial charge in [0.15, 0.2) is 0 Å². The Morgan fingerprint density at radius 1 is 0.935 bits per heavy atom. The molecular formula is C24H29N3O4. The predicted molar refractivity (Wildman–Crippen MR) is 117 cm³/mol. The lowest BCUT2D eigenvalue weighted by atomic mass is 10.0. The molecule has 0 aliphatic heterocycles. The number of hydrogen-bond donors (Lipinski definition) is 2. The van der Waals surface area contributed by atoms with Crippen molar-refractivity contribution in [3.63, 3.8) is 0 Å². The highest BCUT2D eigenvalue weighted by molar-refractivity contribution is 5.86. The predicted octanol–water partition coefficient (Wildman–Crippen LogP) is 3.55. The Morgan fingerprint density at radius 3 is 2.06 bits per heavy atom. The summed E-state index contributed by atoms with van der Waals surface area (Å²) in [5, 5.41) is 14.6. The Labute approximate surface area is 183 Å². The summed E-state index contributed by atoms with van der Waals surface area (Å²) in [5.74, 6) is -0.291. The lowest BCUT2D eigenvalue weighted by Gasteiger charge is -2.21. The molecule has 0 fully saturated rings. The first-order valence-corrected chi connectivity index (χ1v) is 10.3. The zero-order valence-electron chi connectivity index (χ0n) is 17.9. The van der Waals surface area contributed by atoms with Gasteiger partial charge in [0.1, 0.15) is 18.7 Å². The summed E-state index contributed by atoms with van der Waals surface area (Å²) in [6, 6.07) is 19.2. The third-order valence-electron chi connectivity index (χ3n) is 4.40. The van der Waals surface area contributed by atoms with E-state index >= 15 is 0 Å². The minimum Gasteiger partial charge on any atom is -0.445 e. The van der Waals surface area contributed by atoms with Crippen molar-refractivity contribution >= 4 is 12.0 Å². The maximum absolute atomic E-state index is 12.7. The minimum atomic E-state index is -0.826. The first kappa shape index (κ1) is 23.9. The highest BCUT2D eigenvalue weighted by atomic mass is 16.5. The lowest BCUT2D eigenvalue weighted by molar-refractivity contribution is -0.124. The molecule has 164 valence electrons. The van der Waals surface area contributed by atoms with Crippen molar-refractivity contribution < 1.29 is 19.1 Å². The van der Waals surface area contributed by atoms with Gasteiger partial charge in [0, 0.05) is 0 Å². The van der Waals surface area contributed by atoms with Gasteiger partial charge in [0.2, 0.25) is 5.91 Å². The Hall–Kier alpha value is -3.37. The largest absolute Gasteiger partial charge is 0.445 e. The number of nitrogens with one attached hydrogen (secondary N) is 2. The Balaban J connectivity index is 1.85. The average Bonchev–Trinajstić information content (AvgIpc) is 2.77. The quantitative estimate of drug-likeness (QED) is 0.576. The second-order valence-corrected chi connectivity index (χ2v) is 7.58. The van der Waals surface area contributed by atoms with Crippen LogP contribution in [0.3, 0.4) is 0 Å². The van der Waals surface area contributed by atoms with Crippen LogP contribution < -0.4 is 10.6 Å². The number of amides is 2. The second-order valence-electron chi connectivity index (χ2n) is 7.58. The SMILES string of the molecule is CC(C)C[C@H](NC(=O)OCc1ccccc1)C(=O)NC(C#N)COCc1ccccc1. The first-order valence-electron chi connectivity index (χ1n) is 10.3. The van der Waals surface area contributed by atoms with Gasteiger partial charge in [-0.3, -0.25) is 4.79 Å². The fourth-order valence-electron chi connectivity index (χ4n) is 2.86. The number of rotatable bonds is 11. The molecule has 0 aliphatic carbocycles. The van der Waals surface area contributed by atoms with Crippen molar-refractivity contribution in [2.45, 2.75) is 45.6 Å².